The molecular weight excluding hydrogens is 330 g/mol. The van der Waals surface area contributed by atoms with Crippen LogP contribution in [0, 0.1) is 0 Å². The summed E-state index contributed by atoms with van der Waals surface area (Å²) in [6.07, 6.45) is 3.83. The molecule has 5 nitrogen and oxygen atoms in total. The Morgan fingerprint density at radius 3 is 2.35 bits per heavy atom. The predicted molar refractivity (Wildman–Crippen MR) is 102 cm³/mol. The van der Waals surface area contributed by atoms with Gasteiger partial charge in [0, 0.05) is 12.6 Å². The minimum Gasteiger partial charge on any atom is -0.399 e. The Morgan fingerprint density at radius 1 is 1.12 bits per heavy atom. The highest BCUT2D eigenvalue weighted by Crippen LogP contribution is 2.31. The molecule has 0 amide bonds. The first-order valence-corrected chi connectivity index (χ1v) is 8.87. The maximum absolute atomic E-state index is 9.72. The van der Waals surface area contributed by atoms with Crippen molar-refractivity contribution in [2.75, 3.05) is 7.11 Å². The van der Waals surface area contributed by atoms with Crippen LogP contribution < -0.4 is 0 Å². The van der Waals surface area contributed by atoms with Gasteiger partial charge in [0.05, 0.1) is 12.2 Å². The summed E-state index contributed by atoms with van der Waals surface area (Å²) >= 11 is 0. The summed E-state index contributed by atoms with van der Waals surface area (Å²) in [5, 5.41) is 22.5. The number of ether oxygens (including phenoxy) is 1. The molecule has 0 spiro atoms. The summed E-state index contributed by atoms with van der Waals surface area (Å²) < 4.78 is 5.30. The maximum Gasteiger partial charge on any atom is 0.155 e. The summed E-state index contributed by atoms with van der Waals surface area (Å²) in [6, 6.07) is 19.6. The third-order valence-corrected chi connectivity index (χ3v) is 4.10. The normalized spacial score (nSPS) is 20.4. The Hall–Kier alpha value is -2.21. The summed E-state index contributed by atoms with van der Waals surface area (Å²) in [6.45, 7) is 0. The summed E-state index contributed by atoms with van der Waals surface area (Å²) in [4.78, 5) is 4.52. The lowest BCUT2D eigenvalue weighted by molar-refractivity contribution is -0.0913. The molecule has 1 fully saturated rings. The second-order valence-electron chi connectivity index (χ2n) is 6.04. The quantitative estimate of drug-likeness (QED) is 0.606. The van der Waals surface area contributed by atoms with E-state index >= 15 is 0 Å². The largest absolute Gasteiger partial charge is 0.399 e. The fourth-order valence-corrected chi connectivity index (χ4v) is 2.73. The highest BCUT2D eigenvalue weighted by molar-refractivity contribution is 5.56. The summed E-state index contributed by atoms with van der Waals surface area (Å²) in [7, 11) is 1.50. The van der Waals surface area contributed by atoms with Gasteiger partial charge >= 0.3 is 0 Å². The molecule has 1 saturated heterocycles. The van der Waals surface area contributed by atoms with Gasteiger partial charge in [-0.3, -0.25) is 0 Å². The van der Waals surface area contributed by atoms with Gasteiger partial charge in [-0.25, -0.2) is 0 Å². The van der Waals surface area contributed by atoms with Gasteiger partial charge in [-0.05, 0) is 30.4 Å². The first-order valence-electron chi connectivity index (χ1n) is 8.87. The molecule has 1 aliphatic heterocycles. The zero-order chi connectivity index (χ0) is 18.6. The fraction of sp³-hybridized carbons (Fsp3) is 0.381. The predicted octanol–water partition coefficient (Wildman–Crippen LogP) is 3.99. The molecule has 3 atom stereocenters. The van der Waals surface area contributed by atoms with Gasteiger partial charge < -0.3 is 19.8 Å². The van der Waals surface area contributed by atoms with E-state index in [2.05, 4.69) is 9.99 Å². The van der Waals surface area contributed by atoms with Crippen molar-refractivity contribution < 1.29 is 19.8 Å². The van der Waals surface area contributed by atoms with Crippen LogP contribution >= 0.6 is 0 Å². The molecule has 2 aromatic rings. The third kappa shape index (κ3) is 6.96. The van der Waals surface area contributed by atoms with Crippen LogP contribution in [-0.4, -0.2) is 29.8 Å². The molecule has 0 bridgehead atoms. The standard InChI is InChI=1S/C11H15NO2.C10H12O2/c1-14-12-9-5-8-11(13)10-6-3-2-4-7-10;11-10-7-6-9(12-10)8-4-2-1-3-5-8/h2-4,6-7,9,11,13H,5,8H2,1H3;1-5,9-11H,6-7H2/b12-9+;. The number of nitrogens with zero attached hydrogens (tertiary/aromatic N) is 1. The van der Waals surface area contributed by atoms with Crippen molar-refractivity contribution in [2.45, 2.75) is 44.2 Å². The van der Waals surface area contributed by atoms with E-state index in [1.807, 2.05) is 60.7 Å². The van der Waals surface area contributed by atoms with Crippen molar-refractivity contribution in [3.8, 4) is 0 Å². The van der Waals surface area contributed by atoms with Gasteiger partial charge in [0.2, 0.25) is 0 Å². The smallest absolute Gasteiger partial charge is 0.155 e. The van der Waals surface area contributed by atoms with Gasteiger partial charge in [0.25, 0.3) is 0 Å². The average molecular weight is 357 g/mol. The number of benzene rings is 2. The van der Waals surface area contributed by atoms with Crippen molar-refractivity contribution in [2.24, 2.45) is 5.16 Å². The molecule has 3 unspecified atom stereocenters. The minimum atomic E-state index is -0.560. The number of aliphatic hydroxyl groups is 2. The van der Waals surface area contributed by atoms with E-state index in [4.69, 9.17) is 9.84 Å². The van der Waals surface area contributed by atoms with E-state index in [0.717, 1.165) is 24.0 Å². The fourth-order valence-electron chi connectivity index (χ4n) is 2.73. The molecule has 0 radical (unpaired) electrons. The minimum absolute atomic E-state index is 0.0983. The lowest BCUT2D eigenvalue weighted by Gasteiger charge is -2.09. The number of aliphatic hydroxyl groups excluding tert-OH is 2. The molecule has 2 aromatic carbocycles. The van der Waals surface area contributed by atoms with E-state index in [1.54, 1.807) is 6.21 Å². The SMILES string of the molecule is CO/N=C/CCC(O)c1ccccc1.OC1CCC(c2ccccc2)O1. The number of rotatable bonds is 6. The third-order valence-electron chi connectivity index (χ3n) is 4.10. The molecule has 1 heterocycles. The Balaban J connectivity index is 0.000000189. The van der Waals surface area contributed by atoms with E-state index in [9.17, 15) is 5.11 Å². The van der Waals surface area contributed by atoms with E-state index in [-0.39, 0.29) is 6.10 Å². The molecular formula is C21H27NO4. The van der Waals surface area contributed by atoms with Crippen LogP contribution in [0.3, 0.4) is 0 Å². The van der Waals surface area contributed by atoms with Crippen LogP contribution in [0.15, 0.2) is 65.8 Å². The molecule has 5 heteroatoms. The molecule has 3 rings (SSSR count). The van der Waals surface area contributed by atoms with E-state index < -0.39 is 12.4 Å². The highest BCUT2D eigenvalue weighted by Gasteiger charge is 2.23. The van der Waals surface area contributed by atoms with Crippen molar-refractivity contribution in [1.29, 1.82) is 0 Å². The topological polar surface area (TPSA) is 71.3 Å². The Kier molecular flexibility index (Phi) is 8.83. The number of hydrogen-bond acceptors (Lipinski definition) is 5. The molecule has 0 saturated carbocycles. The van der Waals surface area contributed by atoms with Crippen molar-refractivity contribution in [3.05, 3.63) is 71.8 Å². The summed E-state index contributed by atoms with van der Waals surface area (Å²) in [5.74, 6) is 0. The van der Waals surface area contributed by atoms with Gasteiger partial charge in [-0.15, -0.1) is 0 Å². The van der Waals surface area contributed by atoms with Gasteiger partial charge in [-0.1, -0.05) is 65.8 Å². The second kappa shape index (κ2) is 11.4. The van der Waals surface area contributed by atoms with Crippen LogP contribution in [0.1, 0.15) is 49.0 Å². The highest BCUT2D eigenvalue weighted by atomic mass is 16.6. The van der Waals surface area contributed by atoms with Crippen molar-refractivity contribution in [3.63, 3.8) is 0 Å². The van der Waals surface area contributed by atoms with Crippen LogP contribution in [0.5, 0.6) is 0 Å². The lowest BCUT2D eigenvalue weighted by Crippen LogP contribution is -2.03. The Labute approximate surface area is 154 Å². The van der Waals surface area contributed by atoms with Crippen LogP contribution in [-0.2, 0) is 9.57 Å². The number of hydrogen-bond donors (Lipinski definition) is 2. The first-order chi connectivity index (χ1) is 12.7. The van der Waals surface area contributed by atoms with Crippen LogP contribution in [0.25, 0.3) is 0 Å². The monoisotopic (exact) mass is 357 g/mol. The second-order valence-corrected chi connectivity index (χ2v) is 6.04. The molecule has 2 N–H and O–H groups in total. The molecule has 0 aromatic heterocycles. The average Bonchev–Trinajstić information content (AvgIpc) is 3.13. The molecule has 1 aliphatic rings. The molecule has 0 aliphatic carbocycles. The zero-order valence-electron chi connectivity index (χ0n) is 15.1. The maximum atomic E-state index is 9.72. The Morgan fingerprint density at radius 2 is 1.77 bits per heavy atom. The number of oxime groups is 1. The zero-order valence-corrected chi connectivity index (χ0v) is 15.1. The van der Waals surface area contributed by atoms with Crippen molar-refractivity contribution >= 4 is 6.21 Å². The molecule has 140 valence electrons. The van der Waals surface area contributed by atoms with E-state index in [0.29, 0.717) is 12.8 Å². The van der Waals surface area contributed by atoms with Crippen LogP contribution in [0.2, 0.25) is 0 Å². The first kappa shape index (κ1) is 20.1. The van der Waals surface area contributed by atoms with Gasteiger partial charge in [0.15, 0.2) is 6.29 Å². The van der Waals surface area contributed by atoms with Gasteiger partial charge in [-0.2, -0.15) is 0 Å². The Bertz CT molecular complexity index is 633. The lowest BCUT2D eigenvalue weighted by atomic mass is 10.1. The van der Waals surface area contributed by atoms with E-state index in [1.165, 1.54) is 7.11 Å². The van der Waals surface area contributed by atoms with Gasteiger partial charge in [0.1, 0.15) is 7.11 Å². The van der Waals surface area contributed by atoms with Crippen molar-refractivity contribution in [1.82, 2.24) is 0 Å². The molecule has 26 heavy (non-hydrogen) atoms. The van der Waals surface area contributed by atoms with Crippen LogP contribution in [0.4, 0.5) is 0 Å². The summed E-state index contributed by atoms with van der Waals surface area (Å²) in [5.41, 5.74) is 2.10.